The van der Waals surface area contributed by atoms with E-state index in [2.05, 4.69) is 9.72 Å². The van der Waals surface area contributed by atoms with Crippen molar-refractivity contribution in [3.05, 3.63) is 28.5 Å². The van der Waals surface area contributed by atoms with Crippen LogP contribution in [-0.4, -0.2) is 18.1 Å². The van der Waals surface area contributed by atoms with Crippen molar-refractivity contribution in [1.82, 2.24) is 4.98 Å². The molecule has 0 spiro atoms. The number of carbonyl (C=O) groups excluding carboxylic acids is 1. The highest BCUT2D eigenvalue weighted by Crippen LogP contribution is 2.34. The molecular weight excluding hydrogens is 247 g/mol. The lowest BCUT2D eigenvalue weighted by Crippen LogP contribution is -2.12. The van der Waals surface area contributed by atoms with Gasteiger partial charge >= 0.3 is 12.1 Å². The van der Waals surface area contributed by atoms with E-state index in [4.69, 9.17) is 11.6 Å². The molecule has 0 atom stereocenters. The van der Waals surface area contributed by atoms with Gasteiger partial charge in [-0.05, 0) is 11.6 Å². The molecule has 88 valence electrons. The third-order valence-electron chi connectivity index (χ3n) is 1.80. The predicted molar refractivity (Wildman–Crippen MR) is 50.0 cm³/mol. The topological polar surface area (TPSA) is 39.2 Å². The molecule has 1 aromatic rings. The first kappa shape index (κ1) is 12.8. The number of halogens is 4. The maximum Gasteiger partial charge on any atom is 0.434 e. The van der Waals surface area contributed by atoms with Gasteiger partial charge in [-0.15, -0.1) is 0 Å². The SMILES string of the molecule is COC(=O)Cc1ccnc(C(F)(F)F)c1Cl. The van der Waals surface area contributed by atoms with Gasteiger partial charge in [0.2, 0.25) is 0 Å². The van der Waals surface area contributed by atoms with E-state index in [1.54, 1.807) is 0 Å². The Bertz CT molecular complexity index is 406. The van der Waals surface area contributed by atoms with Crippen LogP contribution >= 0.6 is 11.6 Å². The van der Waals surface area contributed by atoms with E-state index < -0.39 is 22.9 Å². The van der Waals surface area contributed by atoms with Crippen LogP contribution in [0.15, 0.2) is 12.3 Å². The van der Waals surface area contributed by atoms with Crippen LogP contribution in [0.2, 0.25) is 5.02 Å². The van der Waals surface area contributed by atoms with E-state index in [1.807, 2.05) is 0 Å². The molecule has 0 amide bonds. The van der Waals surface area contributed by atoms with Crippen molar-refractivity contribution in [2.45, 2.75) is 12.6 Å². The summed E-state index contributed by atoms with van der Waals surface area (Å²) < 4.78 is 41.5. The molecule has 0 saturated carbocycles. The van der Waals surface area contributed by atoms with E-state index in [-0.39, 0.29) is 12.0 Å². The number of carbonyl (C=O) groups is 1. The normalized spacial score (nSPS) is 11.3. The average Bonchev–Trinajstić information content (AvgIpc) is 2.19. The van der Waals surface area contributed by atoms with E-state index >= 15 is 0 Å². The average molecular weight is 254 g/mol. The first-order valence-corrected chi connectivity index (χ1v) is 4.51. The zero-order valence-corrected chi connectivity index (χ0v) is 8.89. The standard InChI is InChI=1S/C9H7ClF3NO2/c1-16-6(15)4-5-2-3-14-8(7(5)10)9(11,12)13/h2-3H,4H2,1H3. The summed E-state index contributed by atoms with van der Waals surface area (Å²) in [5.74, 6) is -0.666. The fraction of sp³-hybridized carbons (Fsp3) is 0.333. The highest BCUT2D eigenvalue weighted by Gasteiger charge is 2.36. The number of alkyl halides is 3. The quantitative estimate of drug-likeness (QED) is 0.760. The van der Waals surface area contributed by atoms with Gasteiger partial charge in [-0.3, -0.25) is 9.78 Å². The summed E-state index contributed by atoms with van der Waals surface area (Å²) in [5.41, 5.74) is -1.16. The van der Waals surface area contributed by atoms with Gasteiger partial charge in [-0.1, -0.05) is 11.6 Å². The Morgan fingerprint density at radius 1 is 1.56 bits per heavy atom. The first-order valence-electron chi connectivity index (χ1n) is 4.13. The second kappa shape index (κ2) is 4.69. The molecule has 16 heavy (non-hydrogen) atoms. The molecule has 1 aromatic heterocycles. The van der Waals surface area contributed by atoms with Crippen molar-refractivity contribution in [3.8, 4) is 0 Å². The zero-order chi connectivity index (χ0) is 12.3. The Morgan fingerprint density at radius 3 is 2.69 bits per heavy atom. The highest BCUT2D eigenvalue weighted by molar-refractivity contribution is 6.32. The van der Waals surface area contributed by atoms with Crippen LogP contribution < -0.4 is 0 Å². The molecule has 1 heterocycles. The molecule has 0 aliphatic rings. The van der Waals surface area contributed by atoms with Gasteiger partial charge in [-0.25, -0.2) is 0 Å². The maximum atomic E-state index is 12.4. The molecule has 0 aliphatic carbocycles. The minimum absolute atomic E-state index is 0.0378. The number of hydrogen-bond donors (Lipinski definition) is 0. The summed E-state index contributed by atoms with van der Waals surface area (Å²) in [6, 6.07) is 1.24. The van der Waals surface area contributed by atoms with E-state index in [0.717, 1.165) is 13.3 Å². The summed E-state index contributed by atoms with van der Waals surface area (Å²) >= 11 is 5.50. The third kappa shape index (κ3) is 2.85. The van der Waals surface area contributed by atoms with Crippen LogP contribution in [0.4, 0.5) is 13.2 Å². The van der Waals surface area contributed by atoms with Crippen LogP contribution in [0, 0.1) is 0 Å². The molecule has 0 aromatic carbocycles. The second-order valence-corrected chi connectivity index (χ2v) is 3.26. The van der Waals surface area contributed by atoms with Crippen LogP contribution in [0.5, 0.6) is 0 Å². The van der Waals surface area contributed by atoms with Gasteiger partial charge in [0.05, 0.1) is 18.6 Å². The van der Waals surface area contributed by atoms with Gasteiger partial charge in [-0.2, -0.15) is 13.2 Å². The van der Waals surface area contributed by atoms with Gasteiger partial charge in [0.15, 0.2) is 5.69 Å². The van der Waals surface area contributed by atoms with Crippen molar-refractivity contribution in [2.75, 3.05) is 7.11 Å². The molecule has 0 fully saturated rings. The highest BCUT2D eigenvalue weighted by atomic mass is 35.5. The second-order valence-electron chi connectivity index (χ2n) is 2.88. The number of esters is 1. The largest absolute Gasteiger partial charge is 0.469 e. The summed E-state index contributed by atoms with van der Waals surface area (Å²) in [6.07, 6.45) is -4.00. The first-order chi connectivity index (χ1) is 7.36. The predicted octanol–water partition coefficient (Wildman–Crippen LogP) is 2.47. The third-order valence-corrected chi connectivity index (χ3v) is 2.22. The molecule has 1 rings (SSSR count). The van der Waals surface area contributed by atoms with Crippen LogP contribution in [-0.2, 0) is 22.1 Å². The summed E-state index contributed by atoms with van der Waals surface area (Å²) in [7, 11) is 1.14. The molecule has 0 radical (unpaired) electrons. The summed E-state index contributed by atoms with van der Waals surface area (Å²) in [4.78, 5) is 14.0. The summed E-state index contributed by atoms with van der Waals surface area (Å²) in [5, 5.41) is -0.569. The van der Waals surface area contributed by atoms with E-state index in [0.29, 0.717) is 0 Å². The van der Waals surface area contributed by atoms with Crippen molar-refractivity contribution >= 4 is 17.6 Å². The Kier molecular flexibility index (Phi) is 3.74. The molecule has 3 nitrogen and oxygen atoms in total. The fourth-order valence-electron chi connectivity index (χ4n) is 1.05. The summed E-state index contributed by atoms with van der Waals surface area (Å²) in [6.45, 7) is 0. The lowest BCUT2D eigenvalue weighted by molar-refractivity contribution is -0.142. The number of rotatable bonds is 2. The van der Waals surface area contributed by atoms with Gasteiger partial charge < -0.3 is 4.74 Å². The lowest BCUT2D eigenvalue weighted by Gasteiger charge is -2.10. The fourth-order valence-corrected chi connectivity index (χ4v) is 1.33. The van der Waals surface area contributed by atoms with Crippen molar-refractivity contribution < 1.29 is 22.7 Å². The molecule has 7 heteroatoms. The number of nitrogens with zero attached hydrogens (tertiary/aromatic N) is 1. The minimum Gasteiger partial charge on any atom is -0.469 e. The Morgan fingerprint density at radius 2 is 2.19 bits per heavy atom. The molecule has 0 aliphatic heterocycles. The lowest BCUT2D eigenvalue weighted by atomic mass is 10.1. The van der Waals surface area contributed by atoms with Crippen molar-refractivity contribution in [1.29, 1.82) is 0 Å². The van der Waals surface area contributed by atoms with E-state index in [9.17, 15) is 18.0 Å². The van der Waals surface area contributed by atoms with Crippen molar-refractivity contribution in [2.24, 2.45) is 0 Å². The Hall–Kier alpha value is -1.30. The maximum absolute atomic E-state index is 12.4. The van der Waals surface area contributed by atoms with Crippen LogP contribution in [0.25, 0.3) is 0 Å². The molecule has 0 saturated heterocycles. The number of ether oxygens (including phenoxy) is 1. The van der Waals surface area contributed by atoms with Crippen LogP contribution in [0.3, 0.4) is 0 Å². The van der Waals surface area contributed by atoms with E-state index in [1.165, 1.54) is 6.07 Å². The minimum atomic E-state index is -4.64. The zero-order valence-electron chi connectivity index (χ0n) is 8.14. The smallest absolute Gasteiger partial charge is 0.434 e. The van der Waals surface area contributed by atoms with Crippen LogP contribution in [0.1, 0.15) is 11.3 Å². The number of pyridine rings is 1. The Labute approximate surface area is 94.2 Å². The van der Waals surface area contributed by atoms with Gasteiger partial charge in [0, 0.05) is 6.20 Å². The Balaban J connectivity index is 3.09. The molecule has 0 unspecified atom stereocenters. The number of hydrogen-bond acceptors (Lipinski definition) is 3. The number of methoxy groups -OCH3 is 1. The van der Waals surface area contributed by atoms with Crippen molar-refractivity contribution in [3.63, 3.8) is 0 Å². The monoisotopic (exact) mass is 253 g/mol. The van der Waals surface area contributed by atoms with Gasteiger partial charge in [0.1, 0.15) is 0 Å². The molecule has 0 N–H and O–H groups in total. The van der Waals surface area contributed by atoms with Gasteiger partial charge in [0.25, 0.3) is 0 Å². The molecular formula is C9H7ClF3NO2. The number of aromatic nitrogens is 1. The molecule has 0 bridgehead atoms.